The van der Waals surface area contributed by atoms with Gasteiger partial charge in [-0.15, -0.1) is 0 Å². The van der Waals surface area contributed by atoms with Crippen LogP contribution in [0, 0.1) is 0 Å². The van der Waals surface area contributed by atoms with Gasteiger partial charge in [0.05, 0.1) is 0 Å². The third-order valence-electron chi connectivity index (χ3n) is 5.05. The first-order valence-corrected chi connectivity index (χ1v) is 8.71. The third-order valence-corrected chi connectivity index (χ3v) is 5.05. The molecule has 0 N–H and O–H groups in total. The molecule has 1 amide bonds. The van der Waals surface area contributed by atoms with E-state index in [1.165, 1.54) is 37.7 Å². The van der Waals surface area contributed by atoms with Crippen LogP contribution in [-0.4, -0.2) is 47.4 Å². The molecule has 0 bridgehead atoms. The third kappa shape index (κ3) is 3.49. The van der Waals surface area contributed by atoms with Gasteiger partial charge >= 0.3 is 0 Å². The van der Waals surface area contributed by atoms with Gasteiger partial charge in [0.2, 0.25) is 0 Å². The van der Waals surface area contributed by atoms with Crippen LogP contribution in [0.15, 0.2) is 18.3 Å². The summed E-state index contributed by atoms with van der Waals surface area (Å²) in [4.78, 5) is 21.5. The number of likely N-dealkylation sites (tertiary alicyclic amines) is 2. The monoisotopic (exact) mass is 301 g/mol. The van der Waals surface area contributed by atoms with Gasteiger partial charge in [-0.05, 0) is 57.0 Å². The molecule has 22 heavy (non-hydrogen) atoms. The Kier molecular flexibility index (Phi) is 5.08. The molecule has 0 aromatic carbocycles. The minimum absolute atomic E-state index is 0.115. The number of nitrogens with zero attached hydrogens (tertiary/aromatic N) is 3. The van der Waals surface area contributed by atoms with Crippen LogP contribution in [0.5, 0.6) is 0 Å². The number of hydrogen-bond donors (Lipinski definition) is 0. The quantitative estimate of drug-likeness (QED) is 0.841. The van der Waals surface area contributed by atoms with Gasteiger partial charge in [0, 0.05) is 25.3 Å². The first-order valence-electron chi connectivity index (χ1n) is 8.71. The summed E-state index contributed by atoms with van der Waals surface area (Å²) in [5.41, 5.74) is 1.86. The van der Waals surface area contributed by atoms with E-state index in [0.717, 1.165) is 32.5 Å². The summed E-state index contributed by atoms with van der Waals surface area (Å²) in [5, 5.41) is 0. The Hall–Kier alpha value is -1.42. The van der Waals surface area contributed by atoms with E-state index in [1.54, 1.807) is 6.20 Å². The molecule has 0 aliphatic carbocycles. The van der Waals surface area contributed by atoms with E-state index in [9.17, 15) is 4.79 Å². The van der Waals surface area contributed by atoms with Crippen molar-refractivity contribution in [2.24, 2.45) is 0 Å². The van der Waals surface area contributed by atoms with Gasteiger partial charge in [-0.25, -0.2) is 0 Å². The number of carbonyl (C=O) groups excluding carboxylic acids is 1. The van der Waals surface area contributed by atoms with Crippen molar-refractivity contribution < 1.29 is 4.79 Å². The Bertz CT molecular complexity index is 509. The van der Waals surface area contributed by atoms with Crippen molar-refractivity contribution in [3.05, 3.63) is 29.6 Å². The summed E-state index contributed by atoms with van der Waals surface area (Å²) in [6, 6.07) is 4.53. The maximum Gasteiger partial charge on any atom is 0.272 e. The second-order valence-electron chi connectivity index (χ2n) is 6.67. The molecule has 0 spiro atoms. The van der Waals surface area contributed by atoms with Crippen molar-refractivity contribution in [1.82, 2.24) is 14.8 Å². The highest BCUT2D eigenvalue weighted by Gasteiger charge is 2.24. The molecule has 120 valence electrons. The normalized spacial score (nSPS) is 24.0. The molecular weight excluding hydrogens is 274 g/mol. The van der Waals surface area contributed by atoms with Gasteiger partial charge in [-0.1, -0.05) is 19.3 Å². The predicted molar refractivity (Wildman–Crippen MR) is 87.8 cm³/mol. The van der Waals surface area contributed by atoms with Crippen molar-refractivity contribution in [2.75, 3.05) is 26.7 Å². The van der Waals surface area contributed by atoms with E-state index in [0.29, 0.717) is 11.7 Å². The maximum atomic E-state index is 12.8. The zero-order valence-corrected chi connectivity index (χ0v) is 13.6. The van der Waals surface area contributed by atoms with Crippen LogP contribution in [0.25, 0.3) is 0 Å². The largest absolute Gasteiger partial charge is 0.337 e. The summed E-state index contributed by atoms with van der Waals surface area (Å²) in [6.45, 7) is 2.91. The van der Waals surface area contributed by atoms with Crippen LogP contribution >= 0.6 is 0 Å². The summed E-state index contributed by atoms with van der Waals surface area (Å²) >= 11 is 0. The van der Waals surface area contributed by atoms with Gasteiger partial charge in [-0.3, -0.25) is 14.7 Å². The van der Waals surface area contributed by atoms with Crippen molar-refractivity contribution in [1.29, 1.82) is 0 Å². The van der Waals surface area contributed by atoms with Crippen LogP contribution in [0.4, 0.5) is 0 Å². The lowest BCUT2D eigenvalue weighted by Crippen LogP contribution is -2.34. The number of rotatable bonds is 2. The predicted octanol–water partition coefficient (Wildman–Crippen LogP) is 3.25. The highest BCUT2D eigenvalue weighted by Crippen LogP contribution is 2.30. The second kappa shape index (κ2) is 7.23. The Morgan fingerprint density at radius 1 is 1.09 bits per heavy atom. The van der Waals surface area contributed by atoms with Gasteiger partial charge in [-0.2, -0.15) is 0 Å². The summed E-state index contributed by atoms with van der Waals surface area (Å²) in [5.74, 6) is 0.115. The topological polar surface area (TPSA) is 36.4 Å². The maximum absolute atomic E-state index is 12.8. The van der Waals surface area contributed by atoms with Gasteiger partial charge in [0.25, 0.3) is 5.91 Å². The molecular formula is C18H27N3O. The molecule has 3 rings (SSSR count). The highest BCUT2D eigenvalue weighted by molar-refractivity contribution is 5.92. The molecule has 1 aromatic heterocycles. The van der Waals surface area contributed by atoms with Crippen molar-refractivity contribution in [3.8, 4) is 0 Å². The minimum atomic E-state index is 0.115. The van der Waals surface area contributed by atoms with Crippen LogP contribution in [0.1, 0.15) is 67.0 Å². The van der Waals surface area contributed by atoms with Crippen LogP contribution in [0.2, 0.25) is 0 Å². The van der Waals surface area contributed by atoms with Gasteiger partial charge in [0.1, 0.15) is 5.69 Å². The Labute approximate surface area is 133 Å². The number of amides is 1. The van der Waals surface area contributed by atoms with Crippen molar-refractivity contribution in [2.45, 2.75) is 51.0 Å². The van der Waals surface area contributed by atoms with Crippen LogP contribution in [-0.2, 0) is 0 Å². The fourth-order valence-corrected chi connectivity index (χ4v) is 3.72. The molecule has 4 heteroatoms. The van der Waals surface area contributed by atoms with Gasteiger partial charge in [0.15, 0.2) is 0 Å². The molecule has 2 aliphatic rings. The molecule has 2 saturated heterocycles. The zero-order chi connectivity index (χ0) is 15.4. The lowest BCUT2D eigenvalue weighted by atomic mass is 10.0. The Morgan fingerprint density at radius 2 is 1.82 bits per heavy atom. The molecule has 3 heterocycles. The Morgan fingerprint density at radius 3 is 2.50 bits per heavy atom. The van der Waals surface area contributed by atoms with E-state index in [4.69, 9.17) is 0 Å². The average Bonchev–Trinajstić information content (AvgIpc) is 2.93. The molecule has 2 aliphatic heterocycles. The molecule has 1 aromatic rings. The molecule has 0 radical (unpaired) electrons. The summed E-state index contributed by atoms with van der Waals surface area (Å²) in [6.07, 6.45) is 10.3. The van der Waals surface area contributed by atoms with Crippen LogP contribution < -0.4 is 0 Å². The average molecular weight is 301 g/mol. The number of hydrogen-bond acceptors (Lipinski definition) is 3. The van der Waals surface area contributed by atoms with Gasteiger partial charge < -0.3 is 4.90 Å². The highest BCUT2D eigenvalue weighted by atomic mass is 16.2. The number of aromatic nitrogens is 1. The number of carbonyl (C=O) groups is 1. The zero-order valence-electron chi connectivity index (χ0n) is 13.6. The summed E-state index contributed by atoms with van der Waals surface area (Å²) < 4.78 is 0. The first-order chi connectivity index (χ1) is 10.8. The molecule has 1 atom stereocenters. The van der Waals surface area contributed by atoms with E-state index in [1.807, 2.05) is 11.0 Å². The van der Waals surface area contributed by atoms with E-state index in [2.05, 4.69) is 23.0 Å². The Balaban J connectivity index is 1.74. The smallest absolute Gasteiger partial charge is 0.272 e. The number of pyridine rings is 1. The van der Waals surface area contributed by atoms with E-state index < -0.39 is 0 Å². The molecule has 0 saturated carbocycles. The lowest BCUT2D eigenvalue weighted by molar-refractivity contribution is 0.0736. The SMILES string of the molecule is CN1CCC[C@H]1c1ccnc(C(=O)N2CCCCCCC2)c1. The van der Waals surface area contributed by atoms with Crippen molar-refractivity contribution in [3.63, 3.8) is 0 Å². The minimum Gasteiger partial charge on any atom is -0.337 e. The molecule has 4 nitrogen and oxygen atoms in total. The standard InChI is InChI=1S/C18H27N3O/c1-20-11-7-8-17(20)15-9-10-19-16(14-15)18(22)21-12-5-3-2-4-6-13-21/h9-10,14,17H,2-8,11-13H2,1H3/t17-/m0/s1. The van der Waals surface area contributed by atoms with E-state index >= 15 is 0 Å². The fraction of sp³-hybridized carbons (Fsp3) is 0.667. The first kappa shape index (κ1) is 15.5. The van der Waals surface area contributed by atoms with Crippen LogP contribution in [0.3, 0.4) is 0 Å². The molecule has 0 unspecified atom stereocenters. The lowest BCUT2D eigenvalue weighted by Gasteiger charge is -2.25. The van der Waals surface area contributed by atoms with Crippen molar-refractivity contribution >= 4 is 5.91 Å². The van der Waals surface area contributed by atoms with E-state index in [-0.39, 0.29) is 5.91 Å². The molecule has 2 fully saturated rings. The second-order valence-corrected chi connectivity index (χ2v) is 6.67. The fourth-order valence-electron chi connectivity index (χ4n) is 3.72. The summed E-state index contributed by atoms with van der Waals surface area (Å²) in [7, 11) is 2.16.